The summed E-state index contributed by atoms with van der Waals surface area (Å²) < 4.78 is 19.2. The third-order valence-corrected chi connectivity index (χ3v) is 5.26. The lowest BCUT2D eigenvalue weighted by molar-refractivity contribution is -0.140. The van der Waals surface area contributed by atoms with Gasteiger partial charge in [0.15, 0.2) is 0 Å². The van der Waals surface area contributed by atoms with Gasteiger partial charge in [-0.05, 0) is 47.7 Å². The molecule has 2 aromatic carbocycles. The fraction of sp³-hybridized carbons (Fsp3) is 0.350. The first-order chi connectivity index (χ1) is 12.1. The second-order valence-corrected chi connectivity index (χ2v) is 7.14. The summed E-state index contributed by atoms with van der Waals surface area (Å²) >= 11 is 5.93. The number of rotatable bonds is 3. The van der Waals surface area contributed by atoms with Crippen molar-refractivity contribution < 1.29 is 13.9 Å². The fourth-order valence-electron chi connectivity index (χ4n) is 3.54. The smallest absolute Gasteiger partial charge is 0.226 e. The van der Waals surface area contributed by atoms with E-state index in [1.54, 1.807) is 6.07 Å². The minimum atomic E-state index is -0.246. The van der Waals surface area contributed by atoms with Crippen LogP contribution < -0.4 is 0 Å². The van der Waals surface area contributed by atoms with Crippen molar-refractivity contribution in [3.05, 3.63) is 70.5 Å². The van der Waals surface area contributed by atoms with Gasteiger partial charge in [-0.15, -0.1) is 0 Å². The molecule has 2 fully saturated rings. The molecule has 2 aliphatic rings. The summed E-state index contributed by atoms with van der Waals surface area (Å²) in [5, 5.41) is 0.684. The lowest BCUT2D eigenvalue weighted by atomic mass is 10.1. The zero-order valence-corrected chi connectivity index (χ0v) is 14.5. The molecule has 5 heteroatoms. The highest BCUT2D eigenvalue weighted by atomic mass is 35.5. The molecule has 0 unspecified atom stereocenters. The second-order valence-electron chi connectivity index (χ2n) is 6.70. The van der Waals surface area contributed by atoms with E-state index in [-0.39, 0.29) is 29.7 Å². The molecule has 1 saturated heterocycles. The fourth-order valence-corrected chi connectivity index (χ4v) is 3.66. The Morgan fingerprint density at radius 3 is 2.72 bits per heavy atom. The zero-order chi connectivity index (χ0) is 17.4. The van der Waals surface area contributed by atoms with Crippen LogP contribution in [0.15, 0.2) is 48.5 Å². The predicted octanol–water partition coefficient (Wildman–Crippen LogP) is 4.18. The number of hydrogen-bond donors (Lipinski definition) is 0. The highest BCUT2D eigenvalue weighted by Gasteiger charge is 2.46. The Kier molecular flexibility index (Phi) is 4.48. The zero-order valence-electron chi connectivity index (χ0n) is 13.7. The summed E-state index contributed by atoms with van der Waals surface area (Å²) in [4.78, 5) is 14.7. The van der Waals surface area contributed by atoms with Crippen molar-refractivity contribution in [1.29, 1.82) is 0 Å². The van der Waals surface area contributed by atoms with Crippen molar-refractivity contribution in [2.75, 3.05) is 19.7 Å². The molecule has 0 bridgehead atoms. The van der Waals surface area contributed by atoms with Gasteiger partial charge in [-0.3, -0.25) is 4.79 Å². The number of nitrogens with zero attached hydrogens (tertiary/aromatic N) is 1. The third kappa shape index (κ3) is 3.55. The summed E-state index contributed by atoms with van der Waals surface area (Å²) in [6.07, 6.45) is 0.673. The van der Waals surface area contributed by atoms with E-state index in [4.69, 9.17) is 16.3 Å². The molecule has 1 amide bonds. The average Bonchev–Trinajstić information content (AvgIpc) is 3.43. The first-order valence-corrected chi connectivity index (χ1v) is 8.91. The van der Waals surface area contributed by atoms with E-state index < -0.39 is 0 Å². The van der Waals surface area contributed by atoms with Crippen LogP contribution in [-0.4, -0.2) is 30.5 Å². The van der Waals surface area contributed by atoms with Crippen molar-refractivity contribution in [1.82, 2.24) is 4.90 Å². The van der Waals surface area contributed by atoms with Gasteiger partial charge in [0, 0.05) is 17.5 Å². The van der Waals surface area contributed by atoms with Crippen LogP contribution in [0.1, 0.15) is 29.6 Å². The number of carbonyl (C=O) groups excluding carboxylic acids is 1. The Labute approximate surface area is 151 Å². The van der Waals surface area contributed by atoms with E-state index in [1.807, 2.05) is 35.2 Å². The van der Waals surface area contributed by atoms with Crippen molar-refractivity contribution in [2.45, 2.75) is 18.4 Å². The number of morpholine rings is 1. The van der Waals surface area contributed by atoms with Crippen molar-refractivity contribution in [3.63, 3.8) is 0 Å². The molecule has 0 spiro atoms. The van der Waals surface area contributed by atoms with E-state index >= 15 is 0 Å². The van der Waals surface area contributed by atoms with Crippen LogP contribution in [0.25, 0.3) is 0 Å². The van der Waals surface area contributed by atoms with Gasteiger partial charge in [-0.2, -0.15) is 0 Å². The highest BCUT2D eigenvalue weighted by molar-refractivity contribution is 6.30. The quantitative estimate of drug-likeness (QED) is 0.822. The minimum Gasteiger partial charge on any atom is -0.370 e. The molecular weight excluding hydrogens is 341 g/mol. The Morgan fingerprint density at radius 1 is 1.16 bits per heavy atom. The number of carbonyl (C=O) groups is 1. The maximum absolute atomic E-state index is 13.4. The molecule has 3 nitrogen and oxygen atoms in total. The largest absolute Gasteiger partial charge is 0.370 e. The summed E-state index contributed by atoms with van der Waals surface area (Å²) in [7, 11) is 0. The average molecular weight is 360 g/mol. The van der Waals surface area contributed by atoms with E-state index in [2.05, 4.69) is 0 Å². The van der Waals surface area contributed by atoms with Gasteiger partial charge in [-0.1, -0.05) is 35.9 Å². The van der Waals surface area contributed by atoms with Crippen LogP contribution in [-0.2, 0) is 9.53 Å². The SMILES string of the molecule is O=C([C@@H]1C[C@H]1c1cccc(F)c1)N1CCO[C@@H](c2ccc(Cl)cc2)C1. The van der Waals surface area contributed by atoms with Gasteiger partial charge >= 0.3 is 0 Å². The van der Waals surface area contributed by atoms with Crippen LogP contribution >= 0.6 is 11.6 Å². The summed E-state index contributed by atoms with van der Waals surface area (Å²) in [5.74, 6) is 0.00657. The minimum absolute atomic E-state index is 0.0363. The number of ether oxygens (including phenoxy) is 1. The monoisotopic (exact) mass is 359 g/mol. The topological polar surface area (TPSA) is 29.5 Å². The van der Waals surface area contributed by atoms with Gasteiger partial charge < -0.3 is 9.64 Å². The summed E-state index contributed by atoms with van der Waals surface area (Å²) in [6, 6.07) is 14.1. The number of benzene rings is 2. The molecule has 0 N–H and O–H groups in total. The first-order valence-electron chi connectivity index (χ1n) is 8.53. The van der Waals surface area contributed by atoms with Crippen LogP contribution in [0.4, 0.5) is 4.39 Å². The van der Waals surface area contributed by atoms with E-state index in [9.17, 15) is 9.18 Å². The molecule has 130 valence electrons. The first kappa shape index (κ1) is 16.6. The molecule has 0 aromatic heterocycles. The molecule has 1 saturated carbocycles. The van der Waals surface area contributed by atoms with E-state index in [0.717, 1.165) is 17.5 Å². The lowest BCUT2D eigenvalue weighted by Crippen LogP contribution is -2.43. The van der Waals surface area contributed by atoms with E-state index in [0.29, 0.717) is 24.7 Å². The maximum Gasteiger partial charge on any atom is 0.226 e. The normalized spacial score (nSPS) is 25.7. The predicted molar refractivity (Wildman–Crippen MR) is 94.0 cm³/mol. The van der Waals surface area contributed by atoms with Crippen molar-refractivity contribution >= 4 is 17.5 Å². The second kappa shape index (κ2) is 6.77. The lowest BCUT2D eigenvalue weighted by Gasteiger charge is -2.33. The molecule has 2 aromatic rings. The third-order valence-electron chi connectivity index (χ3n) is 5.00. The summed E-state index contributed by atoms with van der Waals surface area (Å²) in [5.41, 5.74) is 1.94. The highest BCUT2D eigenvalue weighted by Crippen LogP contribution is 2.48. The molecule has 4 rings (SSSR count). The van der Waals surface area contributed by atoms with Gasteiger partial charge in [0.2, 0.25) is 5.91 Å². The van der Waals surface area contributed by atoms with Crippen LogP contribution in [0, 0.1) is 11.7 Å². The van der Waals surface area contributed by atoms with E-state index in [1.165, 1.54) is 12.1 Å². The van der Waals surface area contributed by atoms with Gasteiger partial charge in [0.05, 0.1) is 13.2 Å². The number of hydrogen-bond acceptors (Lipinski definition) is 2. The Bertz CT molecular complexity index is 780. The number of halogens is 2. The molecule has 1 aliphatic heterocycles. The molecule has 1 heterocycles. The van der Waals surface area contributed by atoms with Crippen LogP contribution in [0.3, 0.4) is 0 Å². The van der Waals surface area contributed by atoms with Crippen molar-refractivity contribution in [2.24, 2.45) is 5.92 Å². The van der Waals surface area contributed by atoms with Crippen LogP contribution in [0.2, 0.25) is 5.02 Å². The van der Waals surface area contributed by atoms with Crippen LogP contribution in [0.5, 0.6) is 0 Å². The Hall–Kier alpha value is -1.91. The van der Waals surface area contributed by atoms with Gasteiger partial charge in [-0.25, -0.2) is 4.39 Å². The Morgan fingerprint density at radius 2 is 1.96 bits per heavy atom. The molecule has 1 aliphatic carbocycles. The van der Waals surface area contributed by atoms with Gasteiger partial charge in [0.1, 0.15) is 11.9 Å². The molecule has 25 heavy (non-hydrogen) atoms. The maximum atomic E-state index is 13.4. The number of amides is 1. The molecule has 0 radical (unpaired) electrons. The van der Waals surface area contributed by atoms with Crippen molar-refractivity contribution in [3.8, 4) is 0 Å². The molecular formula is C20H19ClFNO2. The summed E-state index contributed by atoms with van der Waals surface area (Å²) in [6.45, 7) is 1.68. The van der Waals surface area contributed by atoms with Gasteiger partial charge in [0.25, 0.3) is 0 Å². The standard InChI is InChI=1S/C20H19ClFNO2/c21-15-6-4-13(5-7-15)19-12-23(8-9-25-19)20(24)18-11-17(18)14-2-1-3-16(22)10-14/h1-7,10,17-19H,8-9,11-12H2/t17-,18+,19+/m0/s1. The Balaban J connectivity index is 1.42. The molecule has 3 atom stereocenters.